The highest BCUT2D eigenvalue weighted by Crippen LogP contribution is 2.23. The lowest BCUT2D eigenvalue weighted by molar-refractivity contribution is 0.0157. The summed E-state index contributed by atoms with van der Waals surface area (Å²) in [5.74, 6) is 0. The first kappa shape index (κ1) is 15.2. The topological polar surface area (TPSA) is 18.5 Å². The quantitative estimate of drug-likeness (QED) is 0.731. The van der Waals surface area contributed by atoms with Gasteiger partial charge in [-0.3, -0.25) is 0 Å². The Kier molecular flexibility index (Phi) is 5.83. The SMILES string of the molecule is CC(C)OC(C)c1ccc(C(C)OC(C)C)cc1. The molecule has 0 radical (unpaired) electrons. The molecule has 0 N–H and O–H groups in total. The number of hydrogen-bond donors (Lipinski definition) is 0. The normalized spacial score (nSPS) is 15.1. The van der Waals surface area contributed by atoms with Crippen molar-refractivity contribution in [1.29, 1.82) is 0 Å². The van der Waals surface area contributed by atoms with Gasteiger partial charge in [-0.15, -0.1) is 0 Å². The van der Waals surface area contributed by atoms with E-state index in [0.29, 0.717) is 0 Å². The van der Waals surface area contributed by atoms with Crippen molar-refractivity contribution in [3.63, 3.8) is 0 Å². The minimum absolute atomic E-state index is 0.139. The Morgan fingerprint density at radius 3 is 1.11 bits per heavy atom. The molecule has 18 heavy (non-hydrogen) atoms. The van der Waals surface area contributed by atoms with Crippen LogP contribution in [-0.2, 0) is 9.47 Å². The third-order valence-electron chi connectivity index (χ3n) is 2.83. The summed E-state index contributed by atoms with van der Waals surface area (Å²) in [7, 11) is 0. The largest absolute Gasteiger partial charge is 0.371 e. The zero-order chi connectivity index (χ0) is 13.7. The second-order valence-corrected chi connectivity index (χ2v) is 5.32. The first-order chi connectivity index (χ1) is 8.40. The third-order valence-corrected chi connectivity index (χ3v) is 2.83. The van der Waals surface area contributed by atoms with Gasteiger partial charge in [0.25, 0.3) is 0 Å². The molecule has 1 aromatic rings. The number of ether oxygens (including phenoxy) is 2. The van der Waals surface area contributed by atoms with Gasteiger partial charge in [-0.25, -0.2) is 0 Å². The van der Waals surface area contributed by atoms with Gasteiger partial charge in [-0.05, 0) is 52.7 Å². The highest BCUT2D eigenvalue weighted by Gasteiger charge is 2.10. The summed E-state index contributed by atoms with van der Waals surface area (Å²) in [5.41, 5.74) is 2.42. The summed E-state index contributed by atoms with van der Waals surface area (Å²) < 4.78 is 11.5. The zero-order valence-electron chi connectivity index (χ0n) is 12.4. The minimum Gasteiger partial charge on any atom is -0.371 e. The summed E-state index contributed by atoms with van der Waals surface area (Å²) in [6.07, 6.45) is 0.784. The van der Waals surface area contributed by atoms with Crippen LogP contribution in [0.4, 0.5) is 0 Å². The highest BCUT2D eigenvalue weighted by atomic mass is 16.5. The minimum atomic E-state index is 0.139. The van der Waals surface area contributed by atoms with Crippen LogP contribution in [0.25, 0.3) is 0 Å². The molecule has 0 fully saturated rings. The summed E-state index contributed by atoms with van der Waals surface area (Å²) >= 11 is 0. The van der Waals surface area contributed by atoms with Crippen LogP contribution in [-0.4, -0.2) is 12.2 Å². The molecule has 0 saturated carbocycles. The molecule has 0 heterocycles. The first-order valence-electron chi connectivity index (χ1n) is 6.81. The Labute approximate surface area is 111 Å². The van der Waals surface area contributed by atoms with Crippen LogP contribution < -0.4 is 0 Å². The van der Waals surface area contributed by atoms with Crippen molar-refractivity contribution in [1.82, 2.24) is 0 Å². The van der Waals surface area contributed by atoms with Gasteiger partial charge in [0.1, 0.15) is 0 Å². The monoisotopic (exact) mass is 250 g/mol. The van der Waals surface area contributed by atoms with E-state index < -0.39 is 0 Å². The molecule has 0 bridgehead atoms. The van der Waals surface area contributed by atoms with Crippen LogP contribution in [0, 0.1) is 0 Å². The lowest BCUT2D eigenvalue weighted by Crippen LogP contribution is -2.09. The lowest BCUT2D eigenvalue weighted by atomic mass is 10.0. The molecular weight excluding hydrogens is 224 g/mol. The predicted octanol–water partition coefficient (Wildman–Crippen LogP) is 4.66. The fraction of sp³-hybridized carbons (Fsp3) is 0.625. The third kappa shape index (κ3) is 4.79. The van der Waals surface area contributed by atoms with Crippen LogP contribution in [0.2, 0.25) is 0 Å². The lowest BCUT2D eigenvalue weighted by Gasteiger charge is -2.19. The van der Waals surface area contributed by atoms with Gasteiger partial charge in [0.2, 0.25) is 0 Å². The van der Waals surface area contributed by atoms with Crippen molar-refractivity contribution in [2.75, 3.05) is 0 Å². The molecule has 0 aliphatic rings. The first-order valence-corrected chi connectivity index (χ1v) is 6.81. The van der Waals surface area contributed by atoms with Crippen molar-refractivity contribution < 1.29 is 9.47 Å². The summed E-state index contributed by atoms with van der Waals surface area (Å²) in [6.45, 7) is 12.4. The van der Waals surface area contributed by atoms with E-state index in [1.165, 1.54) is 11.1 Å². The summed E-state index contributed by atoms with van der Waals surface area (Å²) in [4.78, 5) is 0. The Morgan fingerprint density at radius 1 is 0.611 bits per heavy atom. The molecule has 2 heteroatoms. The van der Waals surface area contributed by atoms with Gasteiger partial charge < -0.3 is 9.47 Å². The second kappa shape index (κ2) is 6.91. The van der Waals surface area contributed by atoms with Gasteiger partial charge in [-0.2, -0.15) is 0 Å². The summed E-state index contributed by atoms with van der Waals surface area (Å²) in [5, 5.41) is 0. The Bertz CT molecular complexity index is 306. The molecule has 0 aliphatic carbocycles. The molecule has 2 nitrogen and oxygen atoms in total. The number of rotatable bonds is 6. The van der Waals surface area contributed by atoms with Crippen LogP contribution in [0.15, 0.2) is 24.3 Å². The number of benzene rings is 1. The molecule has 1 aromatic carbocycles. The Balaban J connectivity index is 2.67. The molecule has 0 spiro atoms. The molecular formula is C16H26O2. The number of hydrogen-bond acceptors (Lipinski definition) is 2. The van der Waals surface area contributed by atoms with Gasteiger partial charge in [0.15, 0.2) is 0 Å². The van der Waals surface area contributed by atoms with Gasteiger partial charge in [0, 0.05) is 0 Å². The van der Waals surface area contributed by atoms with E-state index in [9.17, 15) is 0 Å². The second-order valence-electron chi connectivity index (χ2n) is 5.32. The molecule has 0 aliphatic heterocycles. The fourth-order valence-corrected chi connectivity index (χ4v) is 2.01. The molecule has 2 unspecified atom stereocenters. The van der Waals surface area contributed by atoms with E-state index in [0.717, 1.165) is 0 Å². The maximum absolute atomic E-state index is 5.77. The smallest absolute Gasteiger partial charge is 0.0800 e. The fourth-order valence-electron chi connectivity index (χ4n) is 2.01. The Morgan fingerprint density at radius 2 is 0.889 bits per heavy atom. The van der Waals surface area contributed by atoms with Crippen LogP contribution in [0.3, 0.4) is 0 Å². The van der Waals surface area contributed by atoms with Crippen LogP contribution >= 0.6 is 0 Å². The van der Waals surface area contributed by atoms with Crippen molar-refractivity contribution in [3.05, 3.63) is 35.4 Å². The average Bonchev–Trinajstić information content (AvgIpc) is 2.27. The van der Waals surface area contributed by atoms with Gasteiger partial charge in [-0.1, -0.05) is 24.3 Å². The molecule has 0 saturated heterocycles. The van der Waals surface area contributed by atoms with E-state index in [2.05, 4.69) is 65.8 Å². The van der Waals surface area contributed by atoms with Crippen molar-refractivity contribution in [3.8, 4) is 0 Å². The van der Waals surface area contributed by atoms with Crippen molar-refractivity contribution in [2.45, 2.75) is 66.0 Å². The van der Waals surface area contributed by atoms with E-state index in [1.807, 2.05) is 0 Å². The Hall–Kier alpha value is -0.860. The summed E-state index contributed by atoms with van der Waals surface area (Å²) in [6, 6.07) is 8.51. The van der Waals surface area contributed by atoms with Crippen LogP contribution in [0.1, 0.15) is 64.9 Å². The highest BCUT2D eigenvalue weighted by molar-refractivity contribution is 5.25. The van der Waals surface area contributed by atoms with Crippen molar-refractivity contribution >= 4 is 0 Å². The maximum Gasteiger partial charge on any atom is 0.0800 e. The molecule has 102 valence electrons. The predicted molar refractivity (Wildman–Crippen MR) is 75.7 cm³/mol. The zero-order valence-corrected chi connectivity index (χ0v) is 12.4. The van der Waals surface area contributed by atoms with E-state index in [4.69, 9.17) is 9.47 Å². The van der Waals surface area contributed by atoms with E-state index in [-0.39, 0.29) is 24.4 Å². The molecule has 1 rings (SSSR count). The van der Waals surface area contributed by atoms with Crippen LogP contribution in [0.5, 0.6) is 0 Å². The standard InChI is InChI=1S/C16H26O2/c1-11(2)17-13(5)15-7-9-16(10-8-15)14(6)18-12(3)4/h7-14H,1-6H3. The molecule has 2 atom stereocenters. The van der Waals surface area contributed by atoms with E-state index in [1.54, 1.807) is 0 Å². The van der Waals surface area contributed by atoms with Gasteiger partial charge in [0.05, 0.1) is 24.4 Å². The van der Waals surface area contributed by atoms with Gasteiger partial charge >= 0.3 is 0 Å². The van der Waals surface area contributed by atoms with E-state index >= 15 is 0 Å². The maximum atomic E-state index is 5.77. The average molecular weight is 250 g/mol. The molecule has 0 amide bonds. The molecule has 0 aromatic heterocycles. The van der Waals surface area contributed by atoms with Crippen molar-refractivity contribution in [2.24, 2.45) is 0 Å².